The van der Waals surface area contributed by atoms with Gasteiger partial charge in [-0.15, -0.1) is 0 Å². The highest BCUT2D eigenvalue weighted by Crippen LogP contribution is 2.28. The summed E-state index contributed by atoms with van der Waals surface area (Å²) in [4.78, 5) is 1.11. The van der Waals surface area contributed by atoms with Crippen molar-refractivity contribution in [2.24, 2.45) is 17.8 Å². The quantitative estimate of drug-likeness (QED) is 0.470. The SMILES string of the molecule is C=C(C(C)C)C(CC)C(C)C(C)=S. The minimum atomic E-state index is 0.495. The Morgan fingerprint density at radius 1 is 1.31 bits per heavy atom. The lowest BCUT2D eigenvalue weighted by Crippen LogP contribution is -2.20. The molecule has 0 spiro atoms. The number of hydrogen-bond acceptors (Lipinski definition) is 1. The fourth-order valence-corrected chi connectivity index (χ4v) is 1.81. The number of thiocarbonyl (C=S) groups is 1. The second kappa shape index (κ2) is 5.54. The largest absolute Gasteiger partial charge is 0.0993 e. The first-order valence-electron chi connectivity index (χ1n) is 5.10. The summed E-state index contributed by atoms with van der Waals surface area (Å²) < 4.78 is 0. The molecule has 0 amide bonds. The maximum Gasteiger partial charge on any atom is -0.00638 e. The van der Waals surface area contributed by atoms with Gasteiger partial charge in [-0.3, -0.25) is 0 Å². The molecule has 0 rings (SSSR count). The van der Waals surface area contributed by atoms with Crippen LogP contribution in [0.1, 0.15) is 41.0 Å². The van der Waals surface area contributed by atoms with E-state index in [2.05, 4.69) is 34.3 Å². The van der Waals surface area contributed by atoms with E-state index in [0.717, 1.165) is 11.3 Å². The molecule has 0 aromatic heterocycles. The van der Waals surface area contributed by atoms with Gasteiger partial charge in [0, 0.05) is 0 Å². The Kier molecular flexibility index (Phi) is 5.46. The Hall–Kier alpha value is -0.170. The van der Waals surface area contributed by atoms with Crippen molar-refractivity contribution < 1.29 is 0 Å². The standard InChI is InChI=1S/C12H22S/c1-7-12(9(4)8(2)3)10(5)11(6)13/h8,10,12H,4,7H2,1-3,5-6H3. The van der Waals surface area contributed by atoms with Crippen LogP contribution in [-0.4, -0.2) is 4.86 Å². The molecule has 2 unspecified atom stereocenters. The van der Waals surface area contributed by atoms with Crippen molar-refractivity contribution in [3.8, 4) is 0 Å². The van der Waals surface area contributed by atoms with Gasteiger partial charge in [-0.25, -0.2) is 0 Å². The van der Waals surface area contributed by atoms with Crippen molar-refractivity contribution in [1.82, 2.24) is 0 Å². The maximum absolute atomic E-state index is 5.23. The smallest absolute Gasteiger partial charge is 0.00638 e. The molecule has 0 saturated heterocycles. The van der Waals surface area contributed by atoms with E-state index in [1.165, 1.54) is 5.57 Å². The Morgan fingerprint density at radius 3 is 2.00 bits per heavy atom. The Labute approximate surface area is 88.4 Å². The molecular formula is C12H22S. The maximum atomic E-state index is 5.23. The number of rotatable bonds is 5. The molecule has 0 nitrogen and oxygen atoms in total. The van der Waals surface area contributed by atoms with E-state index < -0.39 is 0 Å². The summed E-state index contributed by atoms with van der Waals surface area (Å²) in [6.07, 6.45) is 1.14. The van der Waals surface area contributed by atoms with Gasteiger partial charge in [-0.2, -0.15) is 0 Å². The minimum absolute atomic E-state index is 0.495. The van der Waals surface area contributed by atoms with Gasteiger partial charge < -0.3 is 0 Å². The summed E-state index contributed by atoms with van der Waals surface area (Å²) in [5.74, 6) is 1.63. The summed E-state index contributed by atoms with van der Waals surface area (Å²) in [5.41, 5.74) is 1.35. The first kappa shape index (κ1) is 12.8. The van der Waals surface area contributed by atoms with E-state index in [0.29, 0.717) is 17.8 Å². The van der Waals surface area contributed by atoms with E-state index in [9.17, 15) is 0 Å². The van der Waals surface area contributed by atoms with Gasteiger partial charge >= 0.3 is 0 Å². The molecular weight excluding hydrogens is 176 g/mol. The van der Waals surface area contributed by atoms with Crippen molar-refractivity contribution >= 4 is 17.1 Å². The van der Waals surface area contributed by atoms with E-state index in [4.69, 9.17) is 12.2 Å². The van der Waals surface area contributed by atoms with E-state index in [1.807, 2.05) is 6.92 Å². The van der Waals surface area contributed by atoms with Crippen molar-refractivity contribution in [1.29, 1.82) is 0 Å². The van der Waals surface area contributed by atoms with Crippen LogP contribution in [0, 0.1) is 17.8 Å². The second-order valence-electron chi connectivity index (χ2n) is 4.14. The molecule has 2 atom stereocenters. The lowest BCUT2D eigenvalue weighted by atomic mass is 9.80. The van der Waals surface area contributed by atoms with Gasteiger partial charge in [0.2, 0.25) is 0 Å². The zero-order valence-corrected chi connectivity index (χ0v) is 10.4. The third kappa shape index (κ3) is 3.60. The topological polar surface area (TPSA) is 0 Å². The molecule has 0 heterocycles. The van der Waals surface area contributed by atoms with Crippen LogP contribution < -0.4 is 0 Å². The summed E-state index contributed by atoms with van der Waals surface area (Å²) in [5, 5.41) is 0. The van der Waals surface area contributed by atoms with Crippen LogP contribution in [0.2, 0.25) is 0 Å². The fourth-order valence-electron chi connectivity index (χ4n) is 1.65. The lowest BCUT2D eigenvalue weighted by Gasteiger charge is -2.26. The molecule has 0 aromatic carbocycles. The van der Waals surface area contributed by atoms with Crippen LogP contribution in [0.4, 0.5) is 0 Å². The molecule has 0 bridgehead atoms. The zero-order valence-electron chi connectivity index (χ0n) is 9.55. The average molecular weight is 198 g/mol. The number of allylic oxidation sites excluding steroid dienone is 1. The summed E-state index contributed by atoms with van der Waals surface area (Å²) in [6, 6.07) is 0. The summed E-state index contributed by atoms with van der Waals surface area (Å²) >= 11 is 5.23. The molecule has 1 heteroatoms. The molecule has 0 radical (unpaired) electrons. The fraction of sp³-hybridized carbons (Fsp3) is 0.750. The summed E-state index contributed by atoms with van der Waals surface area (Å²) in [6.45, 7) is 15.0. The molecule has 0 fully saturated rings. The van der Waals surface area contributed by atoms with Crippen LogP contribution in [0.15, 0.2) is 12.2 Å². The monoisotopic (exact) mass is 198 g/mol. The van der Waals surface area contributed by atoms with Crippen molar-refractivity contribution in [2.45, 2.75) is 41.0 Å². The first-order valence-corrected chi connectivity index (χ1v) is 5.51. The third-order valence-corrected chi connectivity index (χ3v) is 3.27. The Morgan fingerprint density at radius 2 is 1.77 bits per heavy atom. The van der Waals surface area contributed by atoms with E-state index >= 15 is 0 Å². The Bertz CT molecular complexity index is 191. The highest BCUT2D eigenvalue weighted by molar-refractivity contribution is 7.80. The third-order valence-electron chi connectivity index (χ3n) is 2.90. The predicted molar refractivity (Wildman–Crippen MR) is 65.2 cm³/mol. The van der Waals surface area contributed by atoms with Crippen LogP contribution in [0.25, 0.3) is 0 Å². The molecule has 13 heavy (non-hydrogen) atoms. The van der Waals surface area contributed by atoms with Crippen molar-refractivity contribution in [3.63, 3.8) is 0 Å². The van der Waals surface area contributed by atoms with Gasteiger partial charge in [0.15, 0.2) is 0 Å². The lowest BCUT2D eigenvalue weighted by molar-refractivity contribution is 0.457. The van der Waals surface area contributed by atoms with Crippen LogP contribution >= 0.6 is 12.2 Å². The Balaban J connectivity index is 4.50. The van der Waals surface area contributed by atoms with Gasteiger partial charge in [0.05, 0.1) is 0 Å². The molecule has 0 aliphatic carbocycles. The molecule has 0 aliphatic heterocycles. The molecule has 0 aliphatic rings. The van der Waals surface area contributed by atoms with Gasteiger partial charge in [-0.05, 0) is 36.0 Å². The molecule has 0 N–H and O–H groups in total. The van der Waals surface area contributed by atoms with E-state index in [1.54, 1.807) is 0 Å². The van der Waals surface area contributed by atoms with Crippen LogP contribution in [0.3, 0.4) is 0 Å². The summed E-state index contributed by atoms with van der Waals surface area (Å²) in [7, 11) is 0. The highest BCUT2D eigenvalue weighted by Gasteiger charge is 2.21. The van der Waals surface area contributed by atoms with Crippen molar-refractivity contribution in [2.75, 3.05) is 0 Å². The average Bonchev–Trinajstić information content (AvgIpc) is 2.04. The minimum Gasteiger partial charge on any atom is -0.0993 e. The van der Waals surface area contributed by atoms with Crippen molar-refractivity contribution in [3.05, 3.63) is 12.2 Å². The van der Waals surface area contributed by atoms with Gasteiger partial charge in [0.25, 0.3) is 0 Å². The molecule has 0 aromatic rings. The number of hydrogen-bond donors (Lipinski definition) is 0. The molecule has 76 valence electrons. The predicted octanol–water partition coefficient (Wildman–Crippen LogP) is 4.25. The van der Waals surface area contributed by atoms with Crippen LogP contribution in [0.5, 0.6) is 0 Å². The molecule has 0 saturated carbocycles. The zero-order chi connectivity index (χ0) is 10.6. The van der Waals surface area contributed by atoms with Gasteiger partial charge in [-0.1, -0.05) is 52.1 Å². The first-order chi connectivity index (χ1) is 5.91. The highest BCUT2D eigenvalue weighted by atomic mass is 32.1. The van der Waals surface area contributed by atoms with E-state index in [-0.39, 0.29) is 0 Å². The van der Waals surface area contributed by atoms with Crippen LogP contribution in [-0.2, 0) is 0 Å². The van der Waals surface area contributed by atoms with Gasteiger partial charge in [0.1, 0.15) is 0 Å². The second-order valence-corrected chi connectivity index (χ2v) is 4.79. The normalized spacial score (nSPS) is 15.5.